The number of phenolic OH excluding ortho intramolecular Hbond substituents is 1. The monoisotopic (exact) mass is 442 g/mol. The number of halogens is 1. The fraction of sp³-hybridized carbons (Fsp3) is 0. The summed E-state index contributed by atoms with van der Waals surface area (Å²) in [5.74, 6) is 0.00413. The first-order chi connectivity index (χ1) is 12.5. The number of fused-ring (bicyclic) bond motifs is 1. The largest absolute Gasteiger partial charge is 0.508 e. The van der Waals surface area contributed by atoms with Gasteiger partial charge in [-0.2, -0.15) is 0 Å². The Kier molecular flexibility index (Phi) is 4.52. The number of benzene rings is 2. The molecule has 1 saturated heterocycles. The summed E-state index contributed by atoms with van der Waals surface area (Å²) in [6.45, 7) is 0. The van der Waals surface area contributed by atoms with E-state index in [2.05, 4.69) is 20.9 Å². The lowest BCUT2D eigenvalue weighted by molar-refractivity contribution is -0.113. The molecule has 128 valence electrons. The van der Waals surface area contributed by atoms with E-state index < -0.39 is 0 Å². The molecule has 2 heterocycles. The Labute approximate surface area is 167 Å². The summed E-state index contributed by atoms with van der Waals surface area (Å²) in [6.07, 6.45) is 3.47. The minimum Gasteiger partial charge on any atom is -0.508 e. The van der Waals surface area contributed by atoms with E-state index in [1.807, 2.05) is 24.3 Å². The second-order valence-corrected chi connectivity index (χ2v) is 8.10. The number of anilines is 1. The second-order valence-electron chi connectivity index (χ2n) is 5.57. The van der Waals surface area contributed by atoms with Gasteiger partial charge in [-0.3, -0.25) is 14.7 Å². The van der Waals surface area contributed by atoms with Crippen LogP contribution in [0.2, 0.25) is 0 Å². The van der Waals surface area contributed by atoms with Gasteiger partial charge in [-0.05, 0) is 42.0 Å². The second kappa shape index (κ2) is 6.83. The van der Waals surface area contributed by atoms with Gasteiger partial charge in [-0.25, -0.2) is 0 Å². The third-order valence-corrected chi connectivity index (χ3v) is 5.91. The maximum absolute atomic E-state index is 13.0. The van der Waals surface area contributed by atoms with Crippen LogP contribution in [0, 0.1) is 0 Å². The molecule has 0 spiro atoms. The summed E-state index contributed by atoms with van der Waals surface area (Å²) >= 11 is 10.2. The first-order valence-corrected chi connectivity index (χ1v) is 9.66. The fourth-order valence-corrected chi connectivity index (χ4v) is 4.44. The molecule has 0 radical (unpaired) electrons. The number of nitrogens with zero attached hydrogens (tertiary/aromatic N) is 2. The highest BCUT2D eigenvalue weighted by atomic mass is 79.9. The predicted octanol–water partition coefficient (Wildman–Crippen LogP) is 5.11. The van der Waals surface area contributed by atoms with Crippen LogP contribution in [0.5, 0.6) is 5.75 Å². The summed E-state index contributed by atoms with van der Waals surface area (Å²) < 4.78 is 1.38. The molecule has 1 aliphatic heterocycles. The zero-order chi connectivity index (χ0) is 18.3. The van der Waals surface area contributed by atoms with Crippen molar-refractivity contribution in [3.63, 3.8) is 0 Å². The zero-order valence-electron chi connectivity index (χ0n) is 13.2. The first kappa shape index (κ1) is 17.2. The van der Waals surface area contributed by atoms with Gasteiger partial charge in [-0.15, -0.1) is 0 Å². The number of pyridine rings is 1. The molecule has 0 atom stereocenters. The van der Waals surface area contributed by atoms with E-state index in [0.29, 0.717) is 20.4 Å². The molecular formula is C19H11BrN2O2S2. The normalized spacial score (nSPS) is 16.0. The summed E-state index contributed by atoms with van der Waals surface area (Å²) in [7, 11) is 0. The number of rotatable bonds is 2. The average Bonchev–Trinajstić information content (AvgIpc) is 2.91. The number of hydrogen-bond acceptors (Lipinski definition) is 5. The van der Waals surface area contributed by atoms with E-state index in [9.17, 15) is 9.90 Å². The van der Waals surface area contributed by atoms with Gasteiger partial charge in [0, 0.05) is 16.1 Å². The van der Waals surface area contributed by atoms with Gasteiger partial charge in [0.25, 0.3) is 5.91 Å². The van der Waals surface area contributed by atoms with E-state index in [4.69, 9.17) is 12.2 Å². The van der Waals surface area contributed by atoms with Gasteiger partial charge in [0.1, 0.15) is 5.75 Å². The topological polar surface area (TPSA) is 53.4 Å². The van der Waals surface area contributed by atoms with Crippen LogP contribution in [-0.2, 0) is 4.79 Å². The molecule has 1 N–H and O–H groups in total. The van der Waals surface area contributed by atoms with Crippen LogP contribution >= 0.6 is 39.9 Å². The van der Waals surface area contributed by atoms with Crippen molar-refractivity contribution in [1.29, 1.82) is 0 Å². The minimum absolute atomic E-state index is 0.178. The Morgan fingerprint density at radius 2 is 1.92 bits per heavy atom. The predicted molar refractivity (Wildman–Crippen MR) is 113 cm³/mol. The van der Waals surface area contributed by atoms with Crippen molar-refractivity contribution < 1.29 is 9.90 Å². The van der Waals surface area contributed by atoms with E-state index >= 15 is 0 Å². The first-order valence-electron chi connectivity index (χ1n) is 7.65. The maximum Gasteiger partial charge on any atom is 0.270 e. The maximum atomic E-state index is 13.0. The Morgan fingerprint density at radius 1 is 1.15 bits per heavy atom. The lowest BCUT2D eigenvalue weighted by Gasteiger charge is -2.17. The number of carbonyl (C=O) groups is 1. The SMILES string of the molecule is O=C1/C(=C/c2ccc(O)cc2)SC(=S)N1c1ccc(Br)c2cccnc12. The van der Waals surface area contributed by atoms with Crippen molar-refractivity contribution in [3.8, 4) is 5.75 Å². The molecule has 26 heavy (non-hydrogen) atoms. The number of amides is 1. The Bertz CT molecular complexity index is 1080. The molecule has 1 fully saturated rings. The molecular weight excluding hydrogens is 432 g/mol. The standard InChI is InChI=1S/C19H11BrN2O2S2/c20-14-7-8-15(17-13(14)2-1-9-21-17)22-18(24)16(26-19(22)25)10-11-3-5-12(23)6-4-11/h1-10,23H/b16-10-. The van der Waals surface area contributed by atoms with Gasteiger partial charge in [0.2, 0.25) is 0 Å². The Balaban J connectivity index is 1.77. The molecule has 4 nitrogen and oxygen atoms in total. The third-order valence-electron chi connectivity index (χ3n) is 3.92. The van der Waals surface area contributed by atoms with Crippen LogP contribution in [-0.4, -0.2) is 20.3 Å². The molecule has 3 aromatic rings. The summed E-state index contributed by atoms with van der Waals surface area (Å²) in [5, 5.41) is 10.3. The number of aromatic hydroxyl groups is 1. The summed E-state index contributed by atoms with van der Waals surface area (Å²) in [5.41, 5.74) is 2.20. The number of thiocarbonyl (C=S) groups is 1. The lowest BCUT2D eigenvalue weighted by Crippen LogP contribution is -2.27. The van der Waals surface area contributed by atoms with Crippen molar-refractivity contribution in [3.05, 3.63) is 69.7 Å². The van der Waals surface area contributed by atoms with E-state index in [-0.39, 0.29) is 11.7 Å². The van der Waals surface area contributed by atoms with E-state index in [1.54, 1.807) is 36.5 Å². The molecule has 2 aromatic carbocycles. The highest BCUT2D eigenvalue weighted by molar-refractivity contribution is 9.10. The molecule has 0 aliphatic carbocycles. The smallest absolute Gasteiger partial charge is 0.270 e. The van der Waals surface area contributed by atoms with E-state index in [1.165, 1.54) is 16.7 Å². The Hall–Kier alpha value is -2.22. The molecule has 0 saturated carbocycles. The van der Waals surface area contributed by atoms with Gasteiger partial charge >= 0.3 is 0 Å². The van der Waals surface area contributed by atoms with Crippen LogP contribution in [0.4, 0.5) is 5.69 Å². The molecule has 1 amide bonds. The molecule has 1 aliphatic rings. The van der Waals surface area contributed by atoms with Crippen molar-refractivity contribution >= 4 is 72.8 Å². The minimum atomic E-state index is -0.178. The van der Waals surface area contributed by atoms with Gasteiger partial charge in [0.15, 0.2) is 4.32 Å². The number of carbonyl (C=O) groups excluding carboxylic acids is 1. The number of phenols is 1. The van der Waals surface area contributed by atoms with Crippen LogP contribution < -0.4 is 4.90 Å². The van der Waals surface area contributed by atoms with Crippen LogP contribution in [0.3, 0.4) is 0 Å². The van der Waals surface area contributed by atoms with Crippen molar-refractivity contribution in [1.82, 2.24) is 4.98 Å². The number of aromatic nitrogens is 1. The molecule has 0 bridgehead atoms. The fourth-order valence-electron chi connectivity index (χ4n) is 2.70. The summed E-state index contributed by atoms with van der Waals surface area (Å²) in [6, 6.07) is 14.2. The van der Waals surface area contributed by atoms with Crippen molar-refractivity contribution in [2.24, 2.45) is 0 Å². The Morgan fingerprint density at radius 3 is 2.69 bits per heavy atom. The van der Waals surface area contributed by atoms with Crippen molar-refractivity contribution in [2.45, 2.75) is 0 Å². The van der Waals surface area contributed by atoms with Gasteiger partial charge in [0.05, 0.1) is 16.1 Å². The van der Waals surface area contributed by atoms with Crippen LogP contribution in [0.25, 0.3) is 17.0 Å². The molecule has 1 aromatic heterocycles. The third kappa shape index (κ3) is 3.02. The lowest BCUT2D eigenvalue weighted by atomic mass is 10.1. The average molecular weight is 443 g/mol. The van der Waals surface area contributed by atoms with Gasteiger partial charge in [-0.1, -0.05) is 58.1 Å². The summed E-state index contributed by atoms with van der Waals surface area (Å²) in [4.78, 5) is 19.5. The van der Waals surface area contributed by atoms with Gasteiger partial charge < -0.3 is 5.11 Å². The highest BCUT2D eigenvalue weighted by Crippen LogP contribution is 2.39. The van der Waals surface area contributed by atoms with E-state index in [0.717, 1.165) is 15.4 Å². The number of hydrogen-bond donors (Lipinski definition) is 1. The van der Waals surface area contributed by atoms with Crippen LogP contribution in [0.1, 0.15) is 5.56 Å². The van der Waals surface area contributed by atoms with Crippen LogP contribution in [0.15, 0.2) is 64.1 Å². The van der Waals surface area contributed by atoms with Crippen molar-refractivity contribution in [2.75, 3.05) is 4.90 Å². The number of thioether (sulfide) groups is 1. The highest BCUT2D eigenvalue weighted by Gasteiger charge is 2.34. The molecule has 4 rings (SSSR count). The zero-order valence-corrected chi connectivity index (χ0v) is 16.4. The molecule has 7 heteroatoms. The quantitative estimate of drug-likeness (QED) is 0.441. The molecule has 0 unspecified atom stereocenters.